The molecule has 1 unspecified atom stereocenters. The lowest BCUT2D eigenvalue weighted by Gasteiger charge is -2.20. The predicted octanol–water partition coefficient (Wildman–Crippen LogP) is 5.40. The zero-order valence-corrected chi connectivity index (χ0v) is 13.6. The SMILES string of the molecule is CCCCc1ccccc1C(CCc1ccccc1)OC(=O)O. The standard InChI is InChI=1S/C20H24O3/c1-2-3-11-17-12-7-8-13-18(17)19(23-20(21)22)15-14-16-9-5-4-6-10-16/h4-10,12-13,19H,2-3,11,14-15H2,1H3,(H,21,22). The third kappa shape index (κ3) is 5.44. The first kappa shape index (κ1) is 17.1. The fraction of sp³-hybridized carbons (Fsp3) is 0.350. The normalized spacial score (nSPS) is 11.9. The molecule has 0 aliphatic rings. The first-order chi connectivity index (χ1) is 11.2. The van der Waals surface area contributed by atoms with Crippen LogP contribution in [0.2, 0.25) is 0 Å². The van der Waals surface area contributed by atoms with Crippen molar-refractivity contribution in [3.63, 3.8) is 0 Å². The predicted molar refractivity (Wildman–Crippen MR) is 91.7 cm³/mol. The van der Waals surface area contributed by atoms with Gasteiger partial charge in [0.05, 0.1) is 0 Å². The smallest absolute Gasteiger partial charge is 0.450 e. The summed E-state index contributed by atoms with van der Waals surface area (Å²) in [7, 11) is 0. The lowest BCUT2D eigenvalue weighted by atomic mass is 9.94. The van der Waals surface area contributed by atoms with Gasteiger partial charge in [0.15, 0.2) is 0 Å². The number of benzene rings is 2. The van der Waals surface area contributed by atoms with Gasteiger partial charge in [-0.05, 0) is 42.4 Å². The molecule has 0 spiro atoms. The van der Waals surface area contributed by atoms with Gasteiger partial charge in [-0.2, -0.15) is 0 Å². The highest BCUT2D eigenvalue weighted by Crippen LogP contribution is 2.27. The number of hydrogen-bond acceptors (Lipinski definition) is 2. The third-order valence-corrected chi connectivity index (χ3v) is 3.98. The maximum Gasteiger partial charge on any atom is 0.506 e. The van der Waals surface area contributed by atoms with Crippen molar-refractivity contribution < 1.29 is 14.6 Å². The van der Waals surface area contributed by atoms with Gasteiger partial charge < -0.3 is 9.84 Å². The highest BCUT2D eigenvalue weighted by atomic mass is 16.7. The van der Waals surface area contributed by atoms with Crippen LogP contribution >= 0.6 is 0 Å². The van der Waals surface area contributed by atoms with E-state index in [1.54, 1.807) is 0 Å². The minimum absolute atomic E-state index is 0.416. The molecule has 0 radical (unpaired) electrons. The van der Waals surface area contributed by atoms with E-state index in [0.717, 1.165) is 31.2 Å². The van der Waals surface area contributed by atoms with E-state index in [4.69, 9.17) is 9.84 Å². The van der Waals surface area contributed by atoms with Crippen molar-refractivity contribution in [2.24, 2.45) is 0 Å². The highest BCUT2D eigenvalue weighted by Gasteiger charge is 2.19. The van der Waals surface area contributed by atoms with E-state index in [-0.39, 0.29) is 0 Å². The molecular formula is C20H24O3. The molecule has 0 heterocycles. The van der Waals surface area contributed by atoms with Crippen molar-refractivity contribution in [3.05, 3.63) is 71.3 Å². The molecule has 2 aromatic rings. The Morgan fingerprint density at radius 2 is 1.74 bits per heavy atom. The molecule has 0 bridgehead atoms. The van der Waals surface area contributed by atoms with Crippen LogP contribution in [0.3, 0.4) is 0 Å². The molecule has 0 saturated heterocycles. The van der Waals surface area contributed by atoms with Gasteiger partial charge in [-0.15, -0.1) is 0 Å². The lowest BCUT2D eigenvalue weighted by molar-refractivity contribution is 0.0473. The van der Waals surface area contributed by atoms with E-state index in [1.165, 1.54) is 11.1 Å². The summed E-state index contributed by atoms with van der Waals surface area (Å²) < 4.78 is 5.20. The molecule has 3 heteroatoms. The van der Waals surface area contributed by atoms with E-state index < -0.39 is 12.3 Å². The topological polar surface area (TPSA) is 46.5 Å². The molecule has 1 N–H and O–H groups in total. The Labute approximate surface area is 137 Å². The van der Waals surface area contributed by atoms with Gasteiger partial charge in [0.1, 0.15) is 6.10 Å². The van der Waals surface area contributed by atoms with Crippen LogP contribution in [0.25, 0.3) is 0 Å². The van der Waals surface area contributed by atoms with Crippen LogP contribution in [0, 0.1) is 0 Å². The summed E-state index contributed by atoms with van der Waals surface area (Å²) >= 11 is 0. The van der Waals surface area contributed by atoms with Gasteiger partial charge >= 0.3 is 6.16 Å². The van der Waals surface area contributed by atoms with E-state index in [0.29, 0.717) is 6.42 Å². The summed E-state index contributed by atoms with van der Waals surface area (Å²) in [6.07, 6.45) is 2.98. The van der Waals surface area contributed by atoms with Crippen LogP contribution in [0.5, 0.6) is 0 Å². The van der Waals surface area contributed by atoms with E-state index in [2.05, 4.69) is 25.1 Å². The zero-order chi connectivity index (χ0) is 16.5. The first-order valence-corrected chi connectivity index (χ1v) is 8.22. The van der Waals surface area contributed by atoms with Gasteiger partial charge in [0, 0.05) is 0 Å². The Kier molecular flexibility index (Phi) is 6.67. The second-order valence-corrected chi connectivity index (χ2v) is 5.70. The molecular weight excluding hydrogens is 288 g/mol. The maximum atomic E-state index is 11.1. The van der Waals surface area contributed by atoms with E-state index in [1.807, 2.05) is 36.4 Å². The van der Waals surface area contributed by atoms with Gasteiger partial charge in [0.25, 0.3) is 0 Å². The quantitative estimate of drug-likeness (QED) is 0.664. The number of unbranched alkanes of at least 4 members (excludes halogenated alkanes) is 1. The molecule has 0 aliphatic heterocycles. The third-order valence-electron chi connectivity index (χ3n) is 3.98. The summed E-state index contributed by atoms with van der Waals surface area (Å²) in [4.78, 5) is 11.1. The van der Waals surface area contributed by atoms with E-state index >= 15 is 0 Å². The summed E-state index contributed by atoms with van der Waals surface area (Å²) in [5.74, 6) is 0. The average Bonchev–Trinajstić information content (AvgIpc) is 2.57. The van der Waals surface area contributed by atoms with Crippen LogP contribution < -0.4 is 0 Å². The molecule has 0 aliphatic carbocycles. The van der Waals surface area contributed by atoms with Crippen molar-refractivity contribution >= 4 is 6.16 Å². The minimum atomic E-state index is -1.21. The fourth-order valence-electron chi connectivity index (χ4n) is 2.79. The van der Waals surface area contributed by atoms with Crippen molar-refractivity contribution in [2.45, 2.75) is 45.1 Å². The lowest BCUT2D eigenvalue weighted by Crippen LogP contribution is -2.12. The van der Waals surface area contributed by atoms with Crippen LogP contribution in [-0.2, 0) is 17.6 Å². The zero-order valence-electron chi connectivity index (χ0n) is 13.6. The molecule has 1 atom stereocenters. The van der Waals surface area contributed by atoms with Crippen LogP contribution in [-0.4, -0.2) is 11.3 Å². The van der Waals surface area contributed by atoms with Gasteiger partial charge in [-0.1, -0.05) is 67.9 Å². The second kappa shape index (κ2) is 8.99. The number of carboxylic acid groups (broad SMARTS) is 1. The Morgan fingerprint density at radius 1 is 1.04 bits per heavy atom. The van der Waals surface area contributed by atoms with Crippen molar-refractivity contribution in [1.29, 1.82) is 0 Å². The number of hydrogen-bond donors (Lipinski definition) is 1. The largest absolute Gasteiger partial charge is 0.506 e. The Bertz CT molecular complexity index is 607. The summed E-state index contributed by atoms with van der Waals surface area (Å²) in [6, 6.07) is 18.1. The number of carbonyl (C=O) groups is 1. The molecule has 2 aromatic carbocycles. The van der Waals surface area contributed by atoms with Crippen molar-refractivity contribution in [1.82, 2.24) is 0 Å². The van der Waals surface area contributed by atoms with Crippen molar-refractivity contribution in [2.75, 3.05) is 0 Å². The Balaban J connectivity index is 2.15. The van der Waals surface area contributed by atoms with Gasteiger partial charge in [-0.3, -0.25) is 0 Å². The van der Waals surface area contributed by atoms with Crippen molar-refractivity contribution in [3.8, 4) is 0 Å². The van der Waals surface area contributed by atoms with Gasteiger partial charge in [0.2, 0.25) is 0 Å². The van der Waals surface area contributed by atoms with E-state index in [9.17, 15) is 4.79 Å². The van der Waals surface area contributed by atoms with Crippen LogP contribution in [0.4, 0.5) is 4.79 Å². The summed E-state index contributed by atoms with van der Waals surface area (Å²) in [6.45, 7) is 2.16. The van der Waals surface area contributed by atoms with Gasteiger partial charge in [-0.25, -0.2) is 4.79 Å². The monoisotopic (exact) mass is 312 g/mol. The number of rotatable bonds is 8. The molecule has 122 valence electrons. The first-order valence-electron chi connectivity index (χ1n) is 8.22. The Hall–Kier alpha value is -2.29. The molecule has 0 fully saturated rings. The molecule has 2 rings (SSSR count). The van der Waals surface area contributed by atoms with Crippen LogP contribution in [0.15, 0.2) is 54.6 Å². The molecule has 0 saturated carbocycles. The molecule has 3 nitrogen and oxygen atoms in total. The molecule has 0 aromatic heterocycles. The fourth-order valence-corrected chi connectivity index (χ4v) is 2.79. The number of aryl methyl sites for hydroxylation is 2. The summed E-state index contributed by atoms with van der Waals surface area (Å²) in [5.41, 5.74) is 3.38. The maximum absolute atomic E-state index is 11.1. The highest BCUT2D eigenvalue weighted by molar-refractivity contribution is 5.57. The minimum Gasteiger partial charge on any atom is -0.450 e. The second-order valence-electron chi connectivity index (χ2n) is 5.70. The summed E-state index contributed by atoms with van der Waals surface area (Å²) in [5, 5.41) is 9.09. The number of ether oxygens (including phenoxy) is 1. The average molecular weight is 312 g/mol. The Morgan fingerprint density at radius 3 is 2.43 bits per heavy atom. The molecule has 0 amide bonds. The van der Waals surface area contributed by atoms with Crippen LogP contribution in [0.1, 0.15) is 49.0 Å². The molecule has 23 heavy (non-hydrogen) atoms.